The van der Waals surface area contributed by atoms with E-state index in [1.807, 2.05) is 0 Å². The van der Waals surface area contributed by atoms with Gasteiger partial charge in [0.05, 0.1) is 0 Å². The van der Waals surface area contributed by atoms with Gasteiger partial charge in [0.15, 0.2) is 0 Å². The van der Waals surface area contributed by atoms with E-state index in [-0.39, 0.29) is 18.4 Å². The lowest BCUT2D eigenvalue weighted by atomic mass is 9.88. The minimum absolute atomic E-state index is 0.0839. The van der Waals surface area contributed by atoms with Gasteiger partial charge in [-0.05, 0) is 63.0 Å². The van der Waals surface area contributed by atoms with Gasteiger partial charge in [-0.15, -0.1) is 0 Å². The first kappa shape index (κ1) is 26.0. The van der Waals surface area contributed by atoms with Crippen molar-refractivity contribution in [1.29, 1.82) is 0 Å². The van der Waals surface area contributed by atoms with E-state index >= 15 is 0 Å². The van der Waals surface area contributed by atoms with E-state index in [0.29, 0.717) is 29.2 Å². The lowest BCUT2D eigenvalue weighted by Crippen LogP contribution is -2.53. The molecule has 1 aromatic rings. The summed E-state index contributed by atoms with van der Waals surface area (Å²) in [5.74, 6) is 0.0510. The average Bonchev–Trinajstić information content (AvgIpc) is 2.85. The molecular formula is C27H42ClN3O2. The Morgan fingerprint density at radius 2 is 1.33 bits per heavy atom. The molecule has 0 N–H and O–H groups in total. The summed E-state index contributed by atoms with van der Waals surface area (Å²) < 4.78 is 0. The third kappa shape index (κ3) is 7.45. The zero-order valence-corrected chi connectivity index (χ0v) is 21.4. The summed E-state index contributed by atoms with van der Waals surface area (Å²) in [6.45, 7) is 7.62. The molecule has 2 amide bonds. The monoisotopic (exact) mass is 475 g/mol. The summed E-state index contributed by atoms with van der Waals surface area (Å²) in [4.78, 5) is 33.6. The highest BCUT2D eigenvalue weighted by molar-refractivity contribution is 6.30. The molecule has 0 radical (unpaired) electrons. The van der Waals surface area contributed by atoms with E-state index in [4.69, 9.17) is 11.6 Å². The number of carbonyl (C=O) groups is 2. The summed E-state index contributed by atoms with van der Waals surface area (Å²) in [6, 6.07) is 7.69. The Labute approximate surface area is 205 Å². The Morgan fingerprint density at radius 1 is 0.818 bits per heavy atom. The van der Waals surface area contributed by atoms with Crippen molar-refractivity contribution in [3.8, 4) is 0 Å². The Hall–Kier alpha value is -1.59. The average molecular weight is 476 g/mol. The van der Waals surface area contributed by atoms with Crippen LogP contribution in [0.25, 0.3) is 0 Å². The van der Waals surface area contributed by atoms with E-state index < -0.39 is 0 Å². The van der Waals surface area contributed by atoms with Gasteiger partial charge in [-0.1, -0.05) is 64.0 Å². The lowest BCUT2D eigenvalue weighted by Gasteiger charge is -2.42. The van der Waals surface area contributed by atoms with Crippen LogP contribution in [0.2, 0.25) is 5.02 Å². The van der Waals surface area contributed by atoms with Crippen molar-refractivity contribution in [1.82, 2.24) is 14.7 Å². The molecule has 2 aliphatic carbocycles. The van der Waals surface area contributed by atoms with Crippen molar-refractivity contribution in [2.24, 2.45) is 0 Å². The number of likely N-dealkylation sites (N-methyl/N-ethyl adjacent to an activating group) is 1. The highest BCUT2D eigenvalue weighted by atomic mass is 35.5. The van der Waals surface area contributed by atoms with Gasteiger partial charge in [-0.25, -0.2) is 0 Å². The second kappa shape index (κ2) is 13.3. The van der Waals surface area contributed by atoms with Crippen LogP contribution in [0.3, 0.4) is 0 Å². The number of benzene rings is 1. The fourth-order valence-corrected chi connectivity index (χ4v) is 5.62. The first-order chi connectivity index (χ1) is 16.0. The van der Waals surface area contributed by atoms with Crippen LogP contribution in [0.4, 0.5) is 0 Å². The molecule has 0 bridgehead atoms. The molecule has 184 valence electrons. The maximum atomic E-state index is 13.8. The van der Waals surface area contributed by atoms with Crippen molar-refractivity contribution in [3.05, 3.63) is 34.9 Å². The van der Waals surface area contributed by atoms with Crippen LogP contribution in [0.15, 0.2) is 24.3 Å². The molecule has 0 aromatic heterocycles. The van der Waals surface area contributed by atoms with Gasteiger partial charge in [-0.3, -0.25) is 9.59 Å². The Bertz CT molecular complexity index is 720. The second-order valence-corrected chi connectivity index (χ2v) is 10.1. The maximum absolute atomic E-state index is 13.8. The molecule has 0 aliphatic heterocycles. The molecule has 1 aromatic carbocycles. The Balaban J connectivity index is 1.78. The molecule has 2 aliphatic rings. The van der Waals surface area contributed by atoms with Crippen LogP contribution in [0.5, 0.6) is 0 Å². The van der Waals surface area contributed by atoms with E-state index in [1.165, 1.54) is 38.5 Å². The molecule has 2 fully saturated rings. The van der Waals surface area contributed by atoms with Gasteiger partial charge in [0.2, 0.25) is 5.91 Å². The molecule has 0 unspecified atom stereocenters. The van der Waals surface area contributed by atoms with Gasteiger partial charge in [0.25, 0.3) is 5.91 Å². The molecule has 5 nitrogen and oxygen atoms in total. The largest absolute Gasteiger partial charge is 0.335 e. The highest BCUT2D eigenvalue weighted by Crippen LogP contribution is 2.30. The molecule has 0 spiro atoms. The van der Waals surface area contributed by atoms with Crippen molar-refractivity contribution in [2.45, 2.75) is 90.1 Å². The smallest absolute Gasteiger partial charge is 0.254 e. The molecular weight excluding hydrogens is 434 g/mol. The molecule has 0 saturated heterocycles. The number of hydrogen-bond acceptors (Lipinski definition) is 3. The minimum atomic E-state index is -0.0839. The number of halogens is 1. The molecule has 0 atom stereocenters. The second-order valence-electron chi connectivity index (χ2n) is 9.65. The quantitative estimate of drug-likeness (QED) is 0.441. The summed E-state index contributed by atoms with van der Waals surface area (Å²) in [6.07, 6.45) is 11.8. The van der Waals surface area contributed by atoms with E-state index in [0.717, 1.165) is 45.3 Å². The van der Waals surface area contributed by atoms with Crippen LogP contribution >= 0.6 is 11.6 Å². The van der Waals surface area contributed by atoms with Gasteiger partial charge in [-0.2, -0.15) is 0 Å². The number of amides is 2. The van der Waals surface area contributed by atoms with Crippen LogP contribution in [-0.4, -0.2) is 71.3 Å². The third-order valence-corrected chi connectivity index (χ3v) is 7.76. The fourth-order valence-electron chi connectivity index (χ4n) is 5.50. The van der Waals surface area contributed by atoms with E-state index in [2.05, 4.69) is 23.6 Å². The predicted octanol–water partition coefficient (Wildman–Crippen LogP) is 5.62. The number of carbonyl (C=O) groups excluding carboxylic acids is 2. The Kier molecular flexibility index (Phi) is 10.5. The summed E-state index contributed by atoms with van der Waals surface area (Å²) in [5.41, 5.74) is 0.591. The van der Waals surface area contributed by atoms with Gasteiger partial charge < -0.3 is 14.7 Å². The van der Waals surface area contributed by atoms with Crippen LogP contribution in [-0.2, 0) is 4.79 Å². The highest BCUT2D eigenvalue weighted by Gasteiger charge is 2.34. The van der Waals surface area contributed by atoms with E-state index in [1.54, 1.807) is 29.2 Å². The minimum Gasteiger partial charge on any atom is -0.335 e. The van der Waals surface area contributed by atoms with Crippen LogP contribution in [0, 0.1) is 0 Å². The van der Waals surface area contributed by atoms with Gasteiger partial charge >= 0.3 is 0 Å². The number of hydrogen-bond donors (Lipinski definition) is 0. The zero-order valence-electron chi connectivity index (χ0n) is 20.6. The molecule has 0 heterocycles. The standard InChI is InChI=1S/C27H42ClN3O2/c1-3-29(4-2)19-20-30(27(33)22-15-17-23(28)18-16-22)21-26(32)31(24-11-7-5-8-12-24)25-13-9-6-10-14-25/h15-18,24-25H,3-14,19-21H2,1-2H3. The zero-order chi connectivity index (χ0) is 23.6. The first-order valence-electron chi connectivity index (χ1n) is 13.1. The van der Waals surface area contributed by atoms with Crippen LogP contribution < -0.4 is 0 Å². The number of nitrogens with zero attached hydrogens (tertiary/aromatic N) is 3. The molecule has 2 saturated carbocycles. The number of rotatable bonds is 10. The summed E-state index contributed by atoms with van der Waals surface area (Å²) in [7, 11) is 0. The van der Waals surface area contributed by atoms with Crippen molar-refractivity contribution in [2.75, 3.05) is 32.7 Å². The Morgan fingerprint density at radius 3 is 1.82 bits per heavy atom. The molecule has 6 heteroatoms. The SMILES string of the molecule is CCN(CC)CCN(CC(=O)N(C1CCCCC1)C1CCCCC1)C(=O)c1ccc(Cl)cc1. The molecule has 33 heavy (non-hydrogen) atoms. The lowest BCUT2D eigenvalue weighted by molar-refractivity contribution is -0.138. The first-order valence-corrected chi connectivity index (χ1v) is 13.5. The summed E-state index contributed by atoms with van der Waals surface area (Å²) in [5, 5.41) is 0.609. The normalized spacial score (nSPS) is 17.8. The topological polar surface area (TPSA) is 43.9 Å². The van der Waals surface area contributed by atoms with E-state index in [9.17, 15) is 9.59 Å². The van der Waals surface area contributed by atoms with Crippen molar-refractivity contribution < 1.29 is 9.59 Å². The fraction of sp³-hybridized carbons (Fsp3) is 0.704. The summed E-state index contributed by atoms with van der Waals surface area (Å²) >= 11 is 6.04. The third-order valence-electron chi connectivity index (χ3n) is 7.51. The maximum Gasteiger partial charge on any atom is 0.254 e. The van der Waals surface area contributed by atoms with Gasteiger partial charge in [0.1, 0.15) is 6.54 Å². The van der Waals surface area contributed by atoms with Crippen molar-refractivity contribution >= 4 is 23.4 Å². The van der Waals surface area contributed by atoms with Gasteiger partial charge in [0, 0.05) is 35.8 Å². The molecule has 3 rings (SSSR count). The van der Waals surface area contributed by atoms with Crippen LogP contribution in [0.1, 0.15) is 88.4 Å². The predicted molar refractivity (Wildman–Crippen MR) is 136 cm³/mol. The van der Waals surface area contributed by atoms with Crippen molar-refractivity contribution in [3.63, 3.8) is 0 Å².